The number of nitrogens with zero attached hydrogens (tertiary/aromatic N) is 3. The van der Waals surface area contributed by atoms with E-state index in [0.717, 1.165) is 14.7 Å². The van der Waals surface area contributed by atoms with E-state index < -0.39 is 17.6 Å². The molecule has 1 fully saturated rings. The van der Waals surface area contributed by atoms with Crippen LogP contribution in [0, 0.1) is 5.82 Å². The minimum absolute atomic E-state index is 0.171. The highest BCUT2D eigenvalue weighted by Crippen LogP contribution is 2.25. The van der Waals surface area contributed by atoms with Crippen molar-refractivity contribution in [1.29, 1.82) is 0 Å². The third-order valence-electron chi connectivity index (χ3n) is 4.93. The lowest BCUT2D eigenvalue weighted by Crippen LogP contribution is -2.53. The molecule has 0 bridgehead atoms. The van der Waals surface area contributed by atoms with Crippen LogP contribution in [0.15, 0.2) is 46.9 Å². The highest BCUT2D eigenvalue weighted by molar-refractivity contribution is 9.10. The monoisotopic (exact) mass is 504 g/mol. The zero-order valence-corrected chi connectivity index (χ0v) is 18.7. The zero-order valence-electron chi connectivity index (χ0n) is 16.3. The van der Waals surface area contributed by atoms with Crippen molar-refractivity contribution in [1.82, 2.24) is 20.1 Å². The lowest BCUT2D eigenvalue weighted by Gasteiger charge is -2.34. The maximum absolute atomic E-state index is 13.0. The van der Waals surface area contributed by atoms with Crippen LogP contribution in [0.25, 0.3) is 10.2 Å². The van der Waals surface area contributed by atoms with Crippen LogP contribution in [0.3, 0.4) is 0 Å². The SMILES string of the molecule is O=C(NCc1nc2cc(Br)ccc2s1)C(=O)N1CCN(C(=O)c2ccc(F)cc2)CC1. The molecule has 4 rings (SSSR count). The van der Waals surface area contributed by atoms with Crippen LogP contribution in [0.5, 0.6) is 0 Å². The first-order valence-electron chi connectivity index (χ1n) is 9.57. The van der Waals surface area contributed by atoms with E-state index in [0.29, 0.717) is 23.7 Å². The molecule has 0 atom stereocenters. The molecule has 160 valence electrons. The Kier molecular flexibility index (Phi) is 6.28. The second-order valence-corrected chi connectivity index (χ2v) is 9.02. The molecule has 10 heteroatoms. The molecular formula is C21H18BrFN4O3S. The molecule has 2 heterocycles. The maximum atomic E-state index is 13.0. The average Bonchev–Trinajstić information content (AvgIpc) is 3.19. The number of thiazole rings is 1. The lowest BCUT2D eigenvalue weighted by atomic mass is 10.1. The number of amides is 3. The van der Waals surface area contributed by atoms with Crippen molar-refractivity contribution in [2.24, 2.45) is 0 Å². The van der Waals surface area contributed by atoms with E-state index in [1.165, 1.54) is 40.5 Å². The molecule has 0 unspecified atom stereocenters. The number of hydrogen-bond acceptors (Lipinski definition) is 5. The van der Waals surface area contributed by atoms with E-state index in [1.807, 2.05) is 18.2 Å². The number of piperazine rings is 1. The van der Waals surface area contributed by atoms with Gasteiger partial charge in [-0.1, -0.05) is 15.9 Å². The predicted molar refractivity (Wildman–Crippen MR) is 118 cm³/mol. The fraction of sp³-hybridized carbons (Fsp3) is 0.238. The third kappa shape index (κ3) is 4.91. The van der Waals surface area contributed by atoms with Crippen molar-refractivity contribution >= 4 is 55.2 Å². The van der Waals surface area contributed by atoms with Gasteiger partial charge in [0, 0.05) is 36.2 Å². The molecule has 7 nitrogen and oxygen atoms in total. The Balaban J connectivity index is 1.29. The van der Waals surface area contributed by atoms with Crippen molar-refractivity contribution in [2.75, 3.05) is 26.2 Å². The van der Waals surface area contributed by atoms with E-state index in [9.17, 15) is 18.8 Å². The Morgan fingerprint density at radius 3 is 2.42 bits per heavy atom. The zero-order chi connectivity index (χ0) is 22.0. The molecule has 2 aromatic carbocycles. The van der Waals surface area contributed by atoms with Crippen LogP contribution in [-0.2, 0) is 16.1 Å². The number of fused-ring (bicyclic) bond motifs is 1. The molecule has 31 heavy (non-hydrogen) atoms. The van der Waals surface area contributed by atoms with E-state index in [2.05, 4.69) is 26.2 Å². The van der Waals surface area contributed by atoms with Gasteiger partial charge in [-0.25, -0.2) is 9.37 Å². The summed E-state index contributed by atoms with van der Waals surface area (Å²) in [6, 6.07) is 11.1. The van der Waals surface area contributed by atoms with Gasteiger partial charge in [0.25, 0.3) is 5.91 Å². The predicted octanol–water partition coefficient (Wildman–Crippen LogP) is 2.80. The Morgan fingerprint density at radius 2 is 1.71 bits per heavy atom. The van der Waals surface area contributed by atoms with Crippen molar-refractivity contribution in [3.8, 4) is 0 Å². The van der Waals surface area contributed by atoms with Gasteiger partial charge in [-0.2, -0.15) is 0 Å². The summed E-state index contributed by atoms with van der Waals surface area (Å²) in [5.41, 5.74) is 1.22. The largest absolute Gasteiger partial charge is 0.341 e. The summed E-state index contributed by atoms with van der Waals surface area (Å²) in [5, 5.41) is 3.34. The minimum Gasteiger partial charge on any atom is -0.341 e. The number of nitrogens with one attached hydrogen (secondary N) is 1. The summed E-state index contributed by atoms with van der Waals surface area (Å²) in [4.78, 5) is 44.7. The van der Waals surface area contributed by atoms with Crippen LogP contribution in [-0.4, -0.2) is 58.7 Å². The van der Waals surface area contributed by atoms with Gasteiger partial charge in [-0.3, -0.25) is 14.4 Å². The van der Waals surface area contributed by atoms with Crippen LogP contribution >= 0.6 is 27.3 Å². The molecule has 1 aliphatic rings. The Bertz CT molecular complexity index is 1140. The van der Waals surface area contributed by atoms with Gasteiger partial charge >= 0.3 is 11.8 Å². The Morgan fingerprint density at radius 1 is 1.03 bits per heavy atom. The van der Waals surface area contributed by atoms with E-state index in [1.54, 1.807) is 4.90 Å². The molecule has 3 aromatic rings. The van der Waals surface area contributed by atoms with Gasteiger partial charge in [-0.15, -0.1) is 11.3 Å². The van der Waals surface area contributed by atoms with Crippen molar-refractivity contribution in [3.05, 3.63) is 63.3 Å². The summed E-state index contributed by atoms with van der Waals surface area (Å²) in [7, 11) is 0. The standard InChI is InChI=1S/C21H18BrFN4O3S/c22-14-3-6-17-16(11-14)25-18(31-17)12-24-19(28)21(30)27-9-7-26(8-10-27)20(29)13-1-4-15(23)5-2-13/h1-6,11H,7-10,12H2,(H,24,28). The molecule has 1 saturated heterocycles. The molecule has 0 saturated carbocycles. The second-order valence-electron chi connectivity index (χ2n) is 6.99. The van der Waals surface area contributed by atoms with Crippen LogP contribution in [0.2, 0.25) is 0 Å². The van der Waals surface area contributed by atoms with Gasteiger partial charge in [0.05, 0.1) is 16.8 Å². The highest BCUT2D eigenvalue weighted by Gasteiger charge is 2.28. The topological polar surface area (TPSA) is 82.6 Å². The fourth-order valence-corrected chi connectivity index (χ4v) is 4.52. The number of halogens is 2. The third-order valence-corrected chi connectivity index (χ3v) is 6.46. The first kappa shape index (κ1) is 21.4. The van der Waals surface area contributed by atoms with Gasteiger partial charge in [0.2, 0.25) is 0 Å². The quantitative estimate of drug-likeness (QED) is 0.556. The lowest BCUT2D eigenvalue weighted by molar-refractivity contribution is -0.146. The average molecular weight is 505 g/mol. The van der Waals surface area contributed by atoms with Gasteiger partial charge < -0.3 is 15.1 Å². The molecule has 1 aromatic heterocycles. The number of carbonyl (C=O) groups excluding carboxylic acids is 3. The van der Waals surface area contributed by atoms with Crippen LogP contribution in [0.4, 0.5) is 4.39 Å². The fourth-order valence-electron chi connectivity index (χ4n) is 3.29. The van der Waals surface area contributed by atoms with Gasteiger partial charge in [-0.05, 0) is 42.5 Å². The van der Waals surface area contributed by atoms with Crippen molar-refractivity contribution < 1.29 is 18.8 Å². The molecule has 0 radical (unpaired) electrons. The summed E-state index contributed by atoms with van der Waals surface area (Å²) in [6.45, 7) is 1.30. The summed E-state index contributed by atoms with van der Waals surface area (Å²) >= 11 is 4.86. The number of hydrogen-bond donors (Lipinski definition) is 1. The molecule has 0 aliphatic carbocycles. The highest BCUT2D eigenvalue weighted by atomic mass is 79.9. The van der Waals surface area contributed by atoms with E-state index >= 15 is 0 Å². The molecule has 1 N–H and O–H groups in total. The number of rotatable bonds is 3. The van der Waals surface area contributed by atoms with E-state index in [4.69, 9.17) is 0 Å². The Labute approximate surface area is 190 Å². The van der Waals surface area contributed by atoms with Crippen molar-refractivity contribution in [3.63, 3.8) is 0 Å². The molecule has 1 aliphatic heterocycles. The maximum Gasteiger partial charge on any atom is 0.312 e. The summed E-state index contributed by atoms with van der Waals surface area (Å²) < 4.78 is 15.0. The van der Waals surface area contributed by atoms with Crippen molar-refractivity contribution in [2.45, 2.75) is 6.54 Å². The number of carbonyl (C=O) groups is 3. The molecule has 0 spiro atoms. The molecule has 3 amide bonds. The first-order valence-corrected chi connectivity index (χ1v) is 11.2. The van der Waals surface area contributed by atoms with Crippen LogP contribution in [0.1, 0.15) is 15.4 Å². The van der Waals surface area contributed by atoms with Crippen LogP contribution < -0.4 is 5.32 Å². The van der Waals surface area contributed by atoms with Gasteiger partial charge in [0.15, 0.2) is 0 Å². The smallest absolute Gasteiger partial charge is 0.312 e. The first-order chi connectivity index (χ1) is 14.9. The normalized spacial score (nSPS) is 14.0. The summed E-state index contributed by atoms with van der Waals surface area (Å²) in [6.07, 6.45) is 0. The molecular weight excluding hydrogens is 487 g/mol. The van der Waals surface area contributed by atoms with Gasteiger partial charge in [0.1, 0.15) is 10.8 Å². The summed E-state index contributed by atoms with van der Waals surface area (Å²) in [5.74, 6) is -1.95. The number of aromatic nitrogens is 1. The Hall–Kier alpha value is -2.85. The minimum atomic E-state index is -0.696. The number of benzene rings is 2. The van der Waals surface area contributed by atoms with E-state index in [-0.39, 0.29) is 25.5 Å². The second kappa shape index (κ2) is 9.11.